The molecule has 0 atom stereocenters. The molecular weight excluding hydrogens is 345 g/mol. The van der Waals surface area contributed by atoms with Crippen LogP contribution in [0, 0.1) is 12.7 Å². The molecule has 1 aliphatic heterocycles. The third-order valence-electron chi connectivity index (χ3n) is 4.80. The highest BCUT2D eigenvalue weighted by Crippen LogP contribution is 2.23. The molecule has 1 fully saturated rings. The monoisotopic (exact) mass is 365 g/mol. The van der Waals surface area contributed by atoms with Crippen molar-refractivity contribution in [2.24, 2.45) is 0 Å². The Morgan fingerprint density at radius 3 is 2.41 bits per heavy atom. The highest BCUT2D eigenvalue weighted by Gasteiger charge is 2.25. The first-order valence-corrected chi connectivity index (χ1v) is 8.88. The van der Waals surface area contributed by atoms with Gasteiger partial charge in [-0.2, -0.15) is 0 Å². The van der Waals surface area contributed by atoms with Crippen molar-refractivity contribution in [2.45, 2.75) is 6.92 Å². The minimum absolute atomic E-state index is 0.00532. The number of nitrogens with zero attached hydrogens (tertiary/aromatic N) is 4. The largest absolute Gasteiger partial charge is 0.358 e. The number of anilines is 1. The van der Waals surface area contributed by atoms with Crippen LogP contribution in [0.1, 0.15) is 16.1 Å². The second-order valence-electron chi connectivity index (χ2n) is 6.56. The van der Waals surface area contributed by atoms with Crippen LogP contribution >= 0.6 is 0 Å². The van der Waals surface area contributed by atoms with E-state index in [4.69, 9.17) is 0 Å². The molecule has 138 valence electrons. The SMILES string of the molecule is Cc1[nH]c(-c2ccc(F)cc2)cc1C(=O)N1CCN(c2ncccn2)CC1. The molecule has 1 aromatic carbocycles. The maximum absolute atomic E-state index is 13.1. The van der Waals surface area contributed by atoms with Crippen LogP contribution in [0.15, 0.2) is 48.8 Å². The van der Waals surface area contributed by atoms with Crippen molar-refractivity contribution in [3.8, 4) is 11.3 Å². The van der Waals surface area contributed by atoms with Gasteiger partial charge in [0.05, 0.1) is 5.56 Å². The second kappa shape index (κ2) is 7.19. The van der Waals surface area contributed by atoms with E-state index < -0.39 is 0 Å². The summed E-state index contributed by atoms with van der Waals surface area (Å²) in [6, 6.07) is 9.87. The zero-order valence-electron chi connectivity index (χ0n) is 15.0. The van der Waals surface area contributed by atoms with Gasteiger partial charge in [0.1, 0.15) is 5.82 Å². The average Bonchev–Trinajstić information content (AvgIpc) is 3.10. The summed E-state index contributed by atoms with van der Waals surface area (Å²) in [7, 11) is 0. The number of hydrogen-bond acceptors (Lipinski definition) is 4. The third-order valence-corrected chi connectivity index (χ3v) is 4.80. The van der Waals surface area contributed by atoms with Gasteiger partial charge in [-0.15, -0.1) is 0 Å². The number of aromatic amines is 1. The van der Waals surface area contributed by atoms with E-state index in [1.807, 2.05) is 17.9 Å². The molecule has 1 aliphatic rings. The first-order valence-electron chi connectivity index (χ1n) is 8.88. The Hall–Kier alpha value is -3.22. The molecule has 3 aromatic rings. The normalized spacial score (nSPS) is 14.4. The van der Waals surface area contributed by atoms with Crippen LogP contribution in [-0.2, 0) is 0 Å². The Kier molecular flexibility index (Phi) is 4.58. The number of amides is 1. The lowest BCUT2D eigenvalue weighted by molar-refractivity contribution is 0.0745. The fourth-order valence-corrected chi connectivity index (χ4v) is 3.30. The molecule has 2 aromatic heterocycles. The summed E-state index contributed by atoms with van der Waals surface area (Å²) in [4.78, 5) is 28.7. The van der Waals surface area contributed by atoms with Crippen LogP contribution in [0.25, 0.3) is 11.3 Å². The van der Waals surface area contributed by atoms with Gasteiger partial charge in [-0.1, -0.05) is 0 Å². The van der Waals surface area contributed by atoms with E-state index in [1.54, 1.807) is 30.6 Å². The van der Waals surface area contributed by atoms with Gasteiger partial charge in [0.15, 0.2) is 0 Å². The zero-order chi connectivity index (χ0) is 18.8. The van der Waals surface area contributed by atoms with Gasteiger partial charge < -0.3 is 14.8 Å². The van der Waals surface area contributed by atoms with Crippen LogP contribution in [0.5, 0.6) is 0 Å². The van der Waals surface area contributed by atoms with Crippen LogP contribution in [0.3, 0.4) is 0 Å². The van der Waals surface area contributed by atoms with E-state index in [0.29, 0.717) is 37.7 Å². The second-order valence-corrected chi connectivity index (χ2v) is 6.56. The number of rotatable bonds is 3. The number of piperazine rings is 1. The number of H-pyrrole nitrogens is 1. The number of carbonyl (C=O) groups excluding carboxylic acids is 1. The molecule has 0 unspecified atom stereocenters. The minimum Gasteiger partial charge on any atom is -0.358 e. The maximum Gasteiger partial charge on any atom is 0.255 e. The molecular formula is C20H20FN5O. The number of carbonyl (C=O) groups is 1. The minimum atomic E-state index is -0.279. The summed E-state index contributed by atoms with van der Waals surface area (Å²) in [6.07, 6.45) is 3.44. The van der Waals surface area contributed by atoms with E-state index in [-0.39, 0.29) is 11.7 Å². The van der Waals surface area contributed by atoms with Gasteiger partial charge in [-0.3, -0.25) is 4.79 Å². The van der Waals surface area contributed by atoms with E-state index in [2.05, 4.69) is 19.9 Å². The molecule has 0 spiro atoms. The van der Waals surface area contributed by atoms with Crippen molar-refractivity contribution in [1.82, 2.24) is 19.9 Å². The van der Waals surface area contributed by atoms with Crippen molar-refractivity contribution >= 4 is 11.9 Å². The van der Waals surface area contributed by atoms with Gasteiger partial charge in [0, 0.05) is 50.0 Å². The molecule has 0 saturated carbocycles. The predicted octanol–water partition coefficient (Wildman–Crippen LogP) is 2.88. The number of aryl methyl sites for hydroxylation is 1. The molecule has 4 rings (SSSR count). The Balaban J connectivity index is 1.47. The maximum atomic E-state index is 13.1. The van der Waals surface area contributed by atoms with E-state index in [1.165, 1.54) is 12.1 Å². The molecule has 7 heteroatoms. The predicted molar refractivity (Wildman–Crippen MR) is 101 cm³/mol. The number of hydrogen-bond donors (Lipinski definition) is 1. The fraction of sp³-hybridized carbons (Fsp3) is 0.250. The van der Waals surface area contributed by atoms with E-state index in [0.717, 1.165) is 17.0 Å². The Labute approximate surface area is 156 Å². The van der Waals surface area contributed by atoms with Gasteiger partial charge >= 0.3 is 0 Å². The highest BCUT2D eigenvalue weighted by atomic mass is 19.1. The van der Waals surface area contributed by atoms with Gasteiger partial charge in [-0.05, 0) is 48.9 Å². The first-order chi connectivity index (χ1) is 13.1. The van der Waals surface area contributed by atoms with Crippen LogP contribution in [-0.4, -0.2) is 51.9 Å². The van der Waals surface area contributed by atoms with Crippen LogP contribution in [0.2, 0.25) is 0 Å². The van der Waals surface area contributed by atoms with Crippen molar-refractivity contribution < 1.29 is 9.18 Å². The molecule has 0 radical (unpaired) electrons. The van der Waals surface area contributed by atoms with E-state index in [9.17, 15) is 9.18 Å². The molecule has 0 aliphatic carbocycles. The molecule has 1 N–H and O–H groups in total. The Morgan fingerprint density at radius 1 is 1.07 bits per heavy atom. The summed E-state index contributed by atoms with van der Waals surface area (Å²) in [6.45, 7) is 4.52. The molecule has 1 amide bonds. The Bertz CT molecular complexity index is 931. The van der Waals surface area contributed by atoms with Gasteiger partial charge in [0.25, 0.3) is 5.91 Å². The smallest absolute Gasteiger partial charge is 0.255 e. The van der Waals surface area contributed by atoms with Crippen molar-refractivity contribution in [3.05, 3.63) is 65.9 Å². The van der Waals surface area contributed by atoms with Crippen molar-refractivity contribution in [2.75, 3.05) is 31.1 Å². The summed E-state index contributed by atoms with van der Waals surface area (Å²) < 4.78 is 13.1. The van der Waals surface area contributed by atoms with Crippen molar-refractivity contribution in [1.29, 1.82) is 0 Å². The number of halogens is 1. The number of nitrogens with one attached hydrogen (secondary N) is 1. The highest BCUT2D eigenvalue weighted by molar-refractivity contribution is 5.97. The average molecular weight is 365 g/mol. The Morgan fingerprint density at radius 2 is 1.74 bits per heavy atom. The molecule has 6 nitrogen and oxygen atoms in total. The quantitative estimate of drug-likeness (QED) is 0.775. The molecule has 1 saturated heterocycles. The number of aromatic nitrogens is 3. The molecule has 0 bridgehead atoms. The van der Waals surface area contributed by atoms with Gasteiger partial charge in [-0.25, -0.2) is 14.4 Å². The summed E-state index contributed by atoms with van der Waals surface area (Å²) >= 11 is 0. The molecule has 27 heavy (non-hydrogen) atoms. The van der Waals surface area contributed by atoms with Crippen LogP contribution in [0.4, 0.5) is 10.3 Å². The summed E-state index contributed by atoms with van der Waals surface area (Å²) in [5.41, 5.74) is 3.13. The lowest BCUT2D eigenvalue weighted by atomic mass is 10.1. The third kappa shape index (κ3) is 3.53. The zero-order valence-corrected chi connectivity index (χ0v) is 15.0. The lowest BCUT2D eigenvalue weighted by Gasteiger charge is -2.34. The number of benzene rings is 1. The molecule has 3 heterocycles. The first kappa shape index (κ1) is 17.2. The summed E-state index contributed by atoms with van der Waals surface area (Å²) in [5.74, 6) is 0.422. The topological polar surface area (TPSA) is 65.1 Å². The standard InChI is InChI=1S/C20H20FN5O/c1-14-17(13-18(24-14)15-3-5-16(21)6-4-15)19(27)25-9-11-26(12-10-25)20-22-7-2-8-23-20/h2-8,13,24H,9-12H2,1H3. The van der Waals surface area contributed by atoms with Crippen LogP contribution < -0.4 is 4.90 Å². The lowest BCUT2D eigenvalue weighted by Crippen LogP contribution is -2.49. The summed E-state index contributed by atoms with van der Waals surface area (Å²) in [5, 5.41) is 0. The van der Waals surface area contributed by atoms with Crippen molar-refractivity contribution in [3.63, 3.8) is 0 Å². The van der Waals surface area contributed by atoms with E-state index >= 15 is 0 Å². The fourth-order valence-electron chi connectivity index (χ4n) is 3.30. The van der Waals surface area contributed by atoms with Gasteiger partial charge in [0.2, 0.25) is 5.95 Å².